The molecule has 0 spiro atoms. The van der Waals surface area contributed by atoms with E-state index >= 15 is 0 Å². The van der Waals surface area contributed by atoms with E-state index in [0.717, 1.165) is 17.7 Å². The third kappa shape index (κ3) is 3.59. The molecule has 0 aliphatic carbocycles. The van der Waals surface area contributed by atoms with Crippen molar-refractivity contribution in [3.63, 3.8) is 0 Å². The fourth-order valence-electron chi connectivity index (χ4n) is 1.85. The highest BCUT2D eigenvalue weighted by Gasteiger charge is 2.16. The number of hydrogen-bond acceptors (Lipinski definition) is 4. The number of rotatable bonds is 6. The van der Waals surface area contributed by atoms with Gasteiger partial charge in [-0.3, -0.25) is 4.72 Å². The molecule has 0 saturated carbocycles. The van der Waals surface area contributed by atoms with E-state index < -0.39 is 10.0 Å². The molecule has 6 heteroatoms. The number of nitrogens with one attached hydrogen (secondary N) is 1. The Labute approximate surface area is 123 Å². The minimum Gasteiger partial charge on any atom is -0.326 e. The van der Waals surface area contributed by atoms with Gasteiger partial charge in [-0.1, -0.05) is 25.5 Å². The molecule has 4 nitrogen and oxygen atoms in total. The molecule has 0 amide bonds. The Kier molecular flexibility index (Phi) is 4.80. The predicted octanol–water partition coefficient (Wildman–Crippen LogP) is 2.96. The van der Waals surface area contributed by atoms with Crippen LogP contribution in [-0.2, 0) is 23.0 Å². The van der Waals surface area contributed by atoms with Crippen LogP contribution in [0.5, 0.6) is 0 Å². The van der Waals surface area contributed by atoms with Gasteiger partial charge in [-0.25, -0.2) is 8.42 Å². The van der Waals surface area contributed by atoms with Gasteiger partial charge in [0, 0.05) is 22.5 Å². The lowest BCUT2D eigenvalue weighted by Gasteiger charge is -2.07. The lowest BCUT2D eigenvalue weighted by molar-refractivity contribution is 0.601. The zero-order valence-corrected chi connectivity index (χ0v) is 12.9. The maximum Gasteiger partial charge on any atom is 0.262 e. The van der Waals surface area contributed by atoms with E-state index in [1.165, 1.54) is 16.9 Å². The molecule has 1 heterocycles. The van der Waals surface area contributed by atoms with Gasteiger partial charge >= 0.3 is 0 Å². The Balaban J connectivity index is 2.15. The zero-order valence-electron chi connectivity index (χ0n) is 11.3. The van der Waals surface area contributed by atoms with Crippen LogP contribution < -0.4 is 10.5 Å². The molecular weight excluding hydrogens is 292 g/mol. The van der Waals surface area contributed by atoms with Gasteiger partial charge in [0.05, 0.1) is 4.90 Å². The lowest BCUT2D eigenvalue weighted by Crippen LogP contribution is -2.12. The maximum absolute atomic E-state index is 12.2. The SMILES string of the molecule is CCCc1ccc(NS(=O)(=O)c2csc(CN)c2)cc1. The van der Waals surface area contributed by atoms with Crippen molar-refractivity contribution in [2.75, 3.05) is 4.72 Å². The summed E-state index contributed by atoms with van der Waals surface area (Å²) in [7, 11) is -3.52. The van der Waals surface area contributed by atoms with E-state index in [9.17, 15) is 8.42 Å². The van der Waals surface area contributed by atoms with Gasteiger partial charge in [0.2, 0.25) is 0 Å². The van der Waals surface area contributed by atoms with E-state index in [1.54, 1.807) is 23.6 Å². The molecule has 2 aromatic rings. The molecule has 0 radical (unpaired) electrons. The van der Waals surface area contributed by atoms with Crippen molar-refractivity contribution < 1.29 is 8.42 Å². The number of sulfonamides is 1. The molecule has 0 unspecified atom stereocenters. The summed E-state index contributed by atoms with van der Waals surface area (Å²) < 4.78 is 27.0. The van der Waals surface area contributed by atoms with Gasteiger partial charge in [-0.05, 0) is 30.2 Å². The average molecular weight is 310 g/mol. The van der Waals surface area contributed by atoms with Crippen LogP contribution in [0.25, 0.3) is 0 Å². The topological polar surface area (TPSA) is 72.2 Å². The Bertz CT molecular complexity index is 661. The Hall–Kier alpha value is -1.37. The second-order valence-corrected chi connectivity index (χ2v) is 7.18. The number of benzene rings is 1. The van der Waals surface area contributed by atoms with Gasteiger partial charge < -0.3 is 5.73 Å². The molecule has 0 atom stereocenters. The van der Waals surface area contributed by atoms with Crippen molar-refractivity contribution in [3.8, 4) is 0 Å². The predicted molar refractivity (Wildman–Crippen MR) is 83.5 cm³/mol. The van der Waals surface area contributed by atoms with Crippen molar-refractivity contribution in [2.24, 2.45) is 5.73 Å². The highest BCUT2D eigenvalue weighted by atomic mass is 32.2. The summed E-state index contributed by atoms with van der Waals surface area (Å²) >= 11 is 1.35. The van der Waals surface area contributed by atoms with Gasteiger partial charge in [0.1, 0.15) is 0 Å². The fourth-order valence-corrected chi connectivity index (χ4v) is 4.06. The van der Waals surface area contributed by atoms with Crippen molar-refractivity contribution >= 4 is 27.0 Å². The summed E-state index contributed by atoms with van der Waals surface area (Å²) in [5.74, 6) is 0. The number of aryl methyl sites for hydroxylation is 1. The van der Waals surface area contributed by atoms with Crippen LogP contribution in [-0.4, -0.2) is 8.42 Å². The highest BCUT2D eigenvalue weighted by molar-refractivity contribution is 7.92. The Morgan fingerprint density at radius 2 is 1.95 bits per heavy atom. The monoisotopic (exact) mass is 310 g/mol. The third-order valence-corrected chi connectivity index (χ3v) is 5.35. The van der Waals surface area contributed by atoms with Gasteiger partial charge in [-0.15, -0.1) is 11.3 Å². The molecule has 108 valence electrons. The summed E-state index contributed by atoms with van der Waals surface area (Å²) in [6.45, 7) is 2.47. The number of hydrogen-bond donors (Lipinski definition) is 2. The molecule has 0 aliphatic rings. The normalized spacial score (nSPS) is 11.5. The number of anilines is 1. The van der Waals surface area contributed by atoms with Crippen molar-refractivity contribution in [1.82, 2.24) is 0 Å². The maximum atomic E-state index is 12.2. The molecule has 1 aromatic heterocycles. The smallest absolute Gasteiger partial charge is 0.262 e. The van der Waals surface area contributed by atoms with Gasteiger partial charge in [-0.2, -0.15) is 0 Å². The minimum atomic E-state index is -3.52. The summed E-state index contributed by atoms with van der Waals surface area (Å²) in [6, 6.07) is 9.08. The van der Waals surface area contributed by atoms with Gasteiger partial charge in [0.15, 0.2) is 0 Å². The second-order valence-electron chi connectivity index (χ2n) is 4.51. The number of thiophene rings is 1. The molecule has 3 N–H and O–H groups in total. The summed E-state index contributed by atoms with van der Waals surface area (Å²) in [5.41, 5.74) is 7.28. The molecule has 0 saturated heterocycles. The van der Waals surface area contributed by atoms with E-state index in [0.29, 0.717) is 12.2 Å². The Morgan fingerprint density at radius 3 is 2.50 bits per heavy atom. The molecule has 20 heavy (non-hydrogen) atoms. The third-order valence-electron chi connectivity index (χ3n) is 2.89. The average Bonchev–Trinajstić information content (AvgIpc) is 2.91. The fraction of sp³-hybridized carbons (Fsp3) is 0.286. The lowest BCUT2D eigenvalue weighted by atomic mass is 10.1. The first-order chi connectivity index (χ1) is 9.55. The van der Waals surface area contributed by atoms with Crippen LogP contribution in [0, 0.1) is 0 Å². The summed E-state index contributed by atoms with van der Waals surface area (Å²) in [6.07, 6.45) is 2.07. The van der Waals surface area contributed by atoms with E-state index in [-0.39, 0.29) is 4.90 Å². The Morgan fingerprint density at radius 1 is 1.25 bits per heavy atom. The van der Waals surface area contributed by atoms with E-state index in [2.05, 4.69) is 11.6 Å². The van der Waals surface area contributed by atoms with Crippen molar-refractivity contribution in [1.29, 1.82) is 0 Å². The van der Waals surface area contributed by atoms with Gasteiger partial charge in [0.25, 0.3) is 10.0 Å². The first kappa shape index (κ1) is 15.0. The molecular formula is C14H18N2O2S2. The largest absolute Gasteiger partial charge is 0.326 e. The quantitative estimate of drug-likeness (QED) is 0.861. The first-order valence-electron chi connectivity index (χ1n) is 6.44. The molecule has 0 aliphatic heterocycles. The van der Waals surface area contributed by atoms with E-state index in [1.807, 2.05) is 12.1 Å². The second kappa shape index (κ2) is 6.39. The first-order valence-corrected chi connectivity index (χ1v) is 8.80. The standard InChI is InChI=1S/C14H18N2O2S2/c1-2-3-11-4-6-12(7-5-11)16-20(17,18)14-8-13(9-15)19-10-14/h4-8,10,16H,2-3,9,15H2,1H3. The van der Waals surface area contributed by atoms with Crippen LogP contribution in [0.2, 0.25) is 0 Å². The summed E-state index contributed by atoms with van der Waals surface area (Å²) in [5, 5.41) is 1.61. The van der Waals surface area contributed by atoms with Crippen LogP contribution >= 0.6 is 11.3 Å². The van der Waals surface area contributed by atoms with Crippen LogP contribution in [0.4, 0.5) is 5.69 Å². The zero-order chi connectivity index (χ0) is 14.6. The molecule has 2 rings (SSSR count). The number of nitrogens with two attached hydrogens (primary N) is 1. The minimum absolute atomic E-state index is 0.264. The van der Waals surface area contributed by atoms with Crippen LogP contribution in [0.15, 0.2) is 40.6 Å². The van der Waals surface area contributed by atoms with Crippen molar-refractivity contribution in [2.45, 2.75) is 31.2 Å². The molecule has 1 aromatic carbocycles. The van der Waals surface area contributed by atoms with Crippen LogP contribution in [0.1, 0.15) is 23.8 Å². The van der Waals surface area contributed by atoms with Crippen molar-refractivity contribution in [3.05, 3.63) is 46.2 Å². The molecule has 0 bridgehead atoms. The summed E-state index contributed by atoms with van der Waals surface area (Å²) in [4.78, 5) is 1.12. The highest BCUT2D eigenvalue weighted by Crippen LogP contribution is 2.22. The van der Waals surface area contributed by atoms with Crippen LogP contribution in [0.3, 0.4) is 0 Å². The molecule has 0 fully saturated rings. The van der Waals surface area contributed by atoms with E-state index in [4.69, 9.17) is 5.73 Å².